The summed E-state index contributed by atoms with van der Waals surface area (Å²) in [6, 6.07) is 9.17. The van der Waals surface area contributed by atoms with E-state index in [0.717, 1.165) is 5.69 Å². The number of aromatic nitrogens is 3. The number of carbonyl (C=O) groups excluding carboxylic acids is 3. The molecule has 1 aromatic heterocycles. The second kappa shape index (κ2) is 8.75. The van der Waals surface area contributed by atoms with Crippen LogP contribution in [-0.2, 0) is 28.6 Å². The van der Waals surface area contributed by atoms with Gasteiger partial charge in [-0.1, -0.05) is 23.4 Å². The molecule has 2 atom stereocenters. The molecule has 0 aliphatic carbocycles. The maximum Gasteiger partial charge on any atom is 0.303 e. The molecule has 0 aliphatic rings. The minimum atomic E-state index is -1.08. The monoisotopic (exact) mass is 361 g/mol. The van der Waals surface area contributed by atoms with E-state index in [0.29, 0.717) is 0 Å². The van der Waals surface area contributed by atoms with Crippen LogP contribution in [0.2, 0.25) is 0 Å². The largest absolute Gasteiger partial charge is 0.462 e. The fourth-order valence-corrected chi connectivity index (χ4v) is 2.22. The molecule has 0 saturated heterocycles. The number of rotatable bonds is 7. The van der Waals surface area contributed by atoms with Gasteiger partial charge in [0.05, 0.1) is 11.9 Å². The molecule has 1 aromatic carbocycles. The molecule has 9 nitrogen and oxygen atoms in total. The molecule has 26 heavy (non-hydrogen) atoms. The number of nitrogens with zero attached hydrogens (tertiary/aromatic N) is 3. The number of benzene rings is 1. The highest BCUT2D eigenvalue weighted by Gasteiger charge is 2.32. The normalized spacial score (nSPS) is 12.7. The van der Waals surface area contributed by atoms with Crippen molar-refractivity contribution in [2.75, 3.05) is 6.61 Å². The lowest BCUT2D eigenvalue weighted by Crippen LogP contribution is -2.33. The van der Waals surface area contributed by atoms with Crippen molar-refractivity contribution in [2.24, 2.45) is 0 Å². The zero-order chi connectivity index (χ0) is 19.1. The van der Waals surface area contributed by atoms with Crippen LogP contribution >= 0.6 is 0 Å². The molecule has 0 radical (unpaired) electrons. The van der Waals surface area contributed by atoms with Crippen molar-refractivity contribution in [3.05, 3.63) is 42.2 Å². The molecule has 2 aromatic rings. The first-order valence-electron chi connectivity index (χ1n) is 7.82. The zero-order valence-electron chi connectivity index (χ0n) is 14.6. The highest BCUT2D eigenvalue weighted by Crippen LogP contribution is 2.23. The Hall–Kier alpha value is -3.23. The molecular formula is C17H19N3O6. The number of hydrogen-bond acceptors (Lipinski definition) is 8. The average Bonchev–Trinajstić information content (AvgIpc) is 3.06. The summed E-state index contributed by atoms with van der Waals surface area (Å²) in [7, 11) is 0. The van der Waals surface area contributed by atoms with Crippen LogP contribution < -0.4 is 0 Å². The molecule has 0 bridgehead atoms. The summed E-state index contributed by atoms with van der Waals surface area (Å²) in [4.78, 5) is 34.0. The van der Waals surface area contributed by atoms with Gasteiger partial charge in [-0.3, -0.25) is 14.4 Å². The Morgan fingerprint density at radius 1 is 1.00 bits per heavy atom. The number of hydrogen-bond donors (Lipinski definition) is 0. The highest BCUT2D eigenvalue weighted by atomic mass is 16.6. The van der Waals surface area contributed by atoms with Crippen molar-refractivity contribution in [1.29, 1.82) is 0 Å². The van der Waals surface area contributed by atoms with E-state index < -0.39 is 30.1 Å². The Kier molecular flexibility index (Phi) is 6.42. The number of carbonyl (C=O) groups is 3. The van der Waals surface area contributed by atoms with Crippen LogP contribution in [0.5, 0.6) is 0 Å². The summed E-state index contributed by atoms with van der Waals surface area (Å²) in [6.45, 7) is 3.35. The topological polar surface area (TPSA) is 110 Å². The molecule has 9 heteroatoms. The van der Waals surface area contributed by atoms with Gasteiger partial charge in [-0.15, -0.1) is 5.10 Å². The SMILES string of the molecule is CC(=O)OC[C@H](OC(C)=O)[C@H](OC(C)=O)c1cn(-c2ccccc2)nn1. The first kappa shape index (κ1) is 19.1. The van der Waals surface area contributed by atoms with Gasteiger partial charge in [0.1, 0.15) is 12.3 Å². The van der Waals surface area contributed by atoms with E-state index in [-0.39, 0.29) is 12.3 Å². The Labute approximate surface area is 149 Å². The van der Waals surface area contributed by atoms with Crippen molar-refractivity contribution in [1.82, 2.24) is 15.0 Å². The summed E-state index contributed by atoms with van der Waals surface area (Å²) in [5.41, 5.74) is 0.999. The molecule has 0 spiro atoms. The van der Waals surface area contributed by atoms with E-state index in [4.69, 9.17) is 14.2 Å². The van der Waals surface area contributed by atoms with Crippen LogP contribution in [0.15, 0.2) is 36.5 Å². The molecule has 0 N–H and O–H groups in total. The van der Waals surface area contributed by atoms with Crippen LogP contribution in [-0.4, -0.2) is 45.6 Å². The number of esters is 3. The molecule has 0 saturated carbocycles. The molecule has 138 valence electrons. The van der Waals surface area contributed by atoms with Gasteiger partial charge in [0.15, 0.2) is 12.2 Å². The summed E-state index contributed by atoms with van der Waals surface area (Å²) < 4.78 is 16.8. The first-order chi connectivity index (χ1) is 12.4. The average molecular weight is 361 g/mol. The van der Waals surface area contributed by atoms with Crippen LogP contribution in [0.1, 0.15) is 32.6 Å². The smallest absolute Gasteiger partial charge is 0.303 e. The van der Waals surface area contributed by atoms with Crippen LogP contribution in [0.4, 0.5) is 0 Å². The summed E-state index contributed by atoms with van der Waals surface area (Å²) in [5, 5.41) is 8.00. The first-order valence-corrected chi connectivity index (χ1v) is 7.82. The molecule has 0 unspecified atom stereocenters. The standard InChI is InChI=1S/C17H19N3O6/c1-11(21)24-10-16(25-12(2)22)17(26-13(3)23)15-9-20(19-18-15)14-7-5-4-6-8-14/h4-9,16-17H,10H2,1-3H3/t16-,17+/m0/s1. The third-order valence-corrected chi connectivity index (χ3v) is 3.22. The Morgan fingerprint density at radius 2 is 1.65 bits per heavy atom. The highest BCUT2D eigenvalue weighted by molar-refractivity contribution is 5.68. The fourth-order valence-electron chi connectivity index (χ4n) is 2.22. The molecular weight excluding hydrogens is 342 g/mol. The quantitative estimate of drug-likeness (QED) is 0.537. The molecule has 0 amide bonds. The lowest BCUT2D eigenvalue weighted by atomic mass is 10.1. The zero-order valence-corrected chi connectivity index (χ0v) is 14.6. The van der Waals surface area contributed by atoms with E-state index in [1.54, 1.807) is 6.20 Å². The molecule has 0 aliphatic heterocycles. The Balaban J connectivity index is 2.32. The van der Waals surface area contributed by atoms with Gasteiger partial charge in [0.25, 0.3) is 0 Å². The summed E-state index contributed by atoms with van der Waals surface area (Å²) >= 11 is 0. The minimum Gasteiger partial charge on any atom is -0.462 e. The van der Waals surface area contributed by atoms with E-state index in [1.165, 1.54) is 25.5 Å². The van der Waals surface area contributed by atoms with Gasteiger partial charge in [-0.2, -0.15) is 0 Å². The second-order valence-corrected chi connectivity index (χ2v) is 5.40. The van der Waals surface area contributed by atoms with E-state index in [1.807, 2.05) is 30.3 Å². The molecule has 1 heterocycles. The summed E-state index contributed by atoms with van der Waals surface area (Å²) in [6.07, 6.45) is -0.581. The third-order valence-electron chi connectivity index (χ3n) is 3.22. The number of para-hydroxylation sites is 1. The van der Waals surface area contributed by atoms with Crippen molar-refractivity contribution < 1.29 is 28.6 Å². The molecule has 2 rings (SSSR count). The molecule has 0 fully saturated rings. The van der Waals surface area contributed by atoms with Gasteiger partial charge in [0.2, 0.25) is 0 Å². The minimum absolute atomic E-state index is 0.252. The maximum atomic E-state index is 11.5. The van der Waals surface area contributed by atoms with E-state index >= 15 is 0 Å². The lowest BCUT2D eigenvalue weighted by Gasteiger charge is -2.24. The second-order valence-electron chi connectivity index (χ2n) is 5.40. The fraction of sp³-hybridized carbons (Fsp3) is 0.353. The predicted octanol–water partition coefficient (Wildman–Crippen LogP) is 1.37. The van der Waals surface area contributed by atoms with Crippen molar-refractivity contribution in [3.8, 4) is 5.69 Å². The summed E-state index contributed by atoms with van der Waals surface area (Å²) in [5.74, 6) is -1.78. The van der Waals surface area contributed by atoms with Crippen molar-refractivity contribution >= 4 is 17.9 Å². The van der Waals surface area contributed by atoms with Gasteiger partial charge in [0, 0.05) is 20.8 Å². The lowest BCUT2D eigenvalue weighted by molar-refractivity contribution is -0.174. The van der Waals surface area contributed by atoms with Gasteiger partial charge >= 0.3 is 17.9 Å². The van der Waals surface area contributed by atoms with E-state index in [2.05, 4.69) is 10.3 Å². The predicted molar refractivity (Wildman–Crippen MR) is 88.1 cm³/mol. The van der Waals surface area contributed by atoms with Gasteiger partial charge in [-0.25, -0.2) is 4.68 Å². The Bertz CT molecular complexity index is 774. The van der Waals surface area contributed by atoms with E-state index in [9.17, 15) is 14.4 Å². The van der Waals surface area contributed by atoms with Crippen LogP contribution in [0.3, 0.4) is 0 Å². The maximum absolute atomic E-state index is 11.5. The van der Waals surface area contributed by atoms with Crippen LogP contribution in [0, 0.1) is 0 Å². The van der Waals surface area contributed by atoms with Crippen molar-refractivity contribution in [2.45, 2.75) is 33.0 Å². The third kappa shape index (κ3) is 5.40. The number of ether oxygens (including phenoxy) is 3. The van der Waals surface area contributed by atoms with Gasteiger partial charge < -0.3 is 14.2 Å². The van der Waals surface area contributed by atoms with Crippen LogP contribution in [0.25, 0.3) is 5.69 Å². The van der Waals surface area contributed by atoms with Crippen molar-refractivity contribution in [3.63, 3.8) is 0 Å². The Morgan fingerprint density at radius 3 is 2.23 bits per heavy atom. The van der Waals surface area contributed by atoms with Gasteiger partial charge in [-0.05, 0) is 12.1 Å².